The molecule has 0 rings (SSSR count). The lowest BCUT2D eigenvalue weighted by molar-refractivity contribution is -0.161. The van der Waals surface area contributed by atoms with Gasteiger partial charge in [0.1, 0.15) is 19.3 Å². The highest BCUT2D eigenvalue weighted by Gasteiger charge is 2.30. The minimum atomic E-state index is -4.94. The molecule has 19 heteroatoms. The van der Waals surface area contributed by atoms with Crippen molar-refractivity contribution < 1.29 is 80.2 Å². The molecule has 2 unspecified atom stereocenters. The van der Waals surface area contributed by atoms with Crippen molar-refractivity contribution in [2.24, 2.45) is 17.8 Å². The summed E-state index contributed by atoms with van der Waals surface area (Å²) in [5.74, 6) is 0.0385. The number of ether oxygens (including phenoxy) is 4. The minimum Gasteiger partial charge on any atom is -0.462 e. The fourth-order valence-electron chi connectivity index (χ4n) is 9.48. The van der Waals surface area contributed by atoms with Crippen molar-refractivity contribution in [3.63, 3.8) is 0 Å². The zero-order chi connectivity index (χ0) is 61.7. The number of phosphoric acid groups is 2. The molecular weight excluding hydrogens is 1100 g/mol. The van der Waals surface area contributed by atoms with Gasteiger partial charge in [0, 0.05) is 25.7 Å². The molecule has 5 atom stereocenters. The van der Waals surface area contributed by atoms with Crippen LogP contribution in [0.15, 0.2) is 0 Å². The van der Waals surface area contributed by atoms with E-state index in [1.165, 1.54) is 109 Å². The van der Waals surface area contributed by atoms with Crippen molar-refractivity contribution in [1.29, 1.82) is 0 Å². The smallest absolute Gasteiger partial charge is 0.462 e. The summed E-state index contributed by atoms with van der Waals surface area (Å²) >= 11 is 0. The van der Waals surface area contributed by atoms with Gasteiger partial charge in [0.2, 0.25) is 0 Å². The molecule has 0 bridgehead atoms. The molecule has 0 aliphatic rings. The second-order valence-electron chi connectivity index (χ2n) is 24.6. The van der Waals surface area contributed by atoms with Gasteiger partial charge in [-0.3, -0.25) is 37.3 Å². The van der Waals surface area contributed by atoms with Crippen LogP contribution in [0.1, 0.15) is 312 Å². The Labute approximate surface area is 505 Å². The summed E-state index contributed by atoms with van der Waals surface area (Å²) in [4.78, 5) is 72.1. The molecule has 0 radical (unpaired) electrons. The van der Waals surface area contributed by atoms with Crippen LogP contribution in [0.5, 0.6) is 0 Å². The lowest BCUT2D eigenvalue weighted by Gasteiger charge is -2.21. The fourth-order valence-corrected chi connectivity index (χ4v) is 11.1. The first-order valence-electron chi connectivity index (χ1n) is 33.3. The molecule has 0 spiro atoms. The summed E-state index contributed by atoms with van der Waals surface area (Å²) in [6.07, 6.45) is 36.5. The van der Waals surface area contributed by atoms with E-state index in [-0.39, 0.29) is 25.7 Å². The van der Waals surface area contributed by atoms with Crippen molar-refractivity contribution in [3.8, 4) is 0 Å². The van der Waals surface area contributed by atoms with Crippen LogP contribution in [0, 0.1) is 17.8 Å². The molecule has 0 saturated heterocycles. The maximum Gasteiger partial charge on any atom is 0.472 e. The van der Waals surface area contributed by atoms with Gasteiger partial charge in [-0.15, -0.1) is 0 Å². The summed E-state index contributed by atoms with van der Waals surface area (Å²) in [6.45, 7) is 11.6. The number of carbonyl (C=O) groups is 4. The Bertz CT molecular complexity index is 1650. The largest absolute Gasteiger partial charge is 0.472 e. The van der Waals surface area contributed by atoms with Crippen molar-refractivity contribution >= 4 is 39.5 Å². The topological polar surface area (TPSA) is 237 Å². The van der Waals surface area contributed by atoms with E-state index in [1.54, 1.807) is 0 Å². The maximum absolute atomic E-state index is 13.0. The highest BCUT2D eigenvalue weighted by Crippen LogP contribution is 2.45. The third kappa shape index (κ3) is 58.8. The van der Waals surface area contributed by atoms with E-state index < -0.39 is 97.5 Å². The Morgan fingerprint density at radius 1 is 0.325 bits per heavy atom. The number of esters is 4. The number of carbonyl (C=O) groups excluding carboxylic acids is 4. The predicted molar refractivity (Wildman–Crippen MR) is 331 cm³/mol. The Morgan fingerprint density at radius 2 is 0.554 bits per heavy atom. The number of unbranched alkanes of at least 4 members (excludes halogenated alkanes) is 30. The number of rotatable bonds is 62. The lowest BCUT2D eigenvalue weighted by Crippen LogP contribution is -2.30. The summed E-state index contributed by atoms with van der Waals surface area (Å²) in [6, 6.07) is 0. The Balaban J connectivity index is 5.20. The first kappa shape index (κ1) is 81.1. The van der Waals surface area contributed by atoms with Gasteiger partial charge >= 0.3 is 39.5 Å². The van der Waals surface area contributed by atoms with Gasteiger partial charge in [-0.05, 0) is 43.4 Å². The standard InChI is InChI=1S/C64H124O17P2/c1-8-9-10-11-21-31-38-45-61(66)74-51-60(81-64(69)48-41-34-27-26-30-37-44-57(6)7)54-79-83(72,73)77-50-58(65)49-76-82(70,71)78-53-59(52-75-62(67)46-39-32-24-20-19-23-29-36-43-56(4)5)80-63(68)47-40-33-25-18-16-14-12-13-15-17-22-28-35-42-55(2)3/h55-60,65H,8-54H2,1-7H3,(H,70,71)(H,72,73)/t58-,59-,60-/m1/s1. The Hall–Kier alpha value is -1.94. The number of phosphoric ester groups is 2. The average Bonchev–Trinajstić information content (AvgIpc) is 3.43. The van der Waals surface area contributed by atoms with Crippen LogP contribution in [0.3, 0.4) is 0 Å². The molecule has 0 fully saturated rings. The molecule has 0 aliphatic carbocycles. The van der Waals surface area contributed by atoms with Crippen molar-refractivity contribution in [3.05, 3.63) is 0 Å². The number of hydrogen-bond donors (Lipinski definition) is 3. The normalized spacial score (nSPS) is 14.4. The highest BCUT2D eigenvalue weighted by atomic mass is 31.2. The van der Waals surface area contributed by atoms with Gasteiger partial charge < -0.3 is 33.8 Å². The zero-order valence-electron chi connectivity index (χ0n) is 53.6. The minimum absolute atomic E-state index is 0.101. The van der Waals surface area contributed by atoms with Gasteiger partial charge in [0.25, 0.3) is 0 Å². The number of aliphatic hydroxyl groups excluding tert-OH is 1. The summed E-state index contributed by atoms with van der Waals surface area (Å²) in [5, 5.41) is 10.5. The quantitative estimate of drug-likeness (QED) is 0.0222. The van der Waals surface area contributed by atoms with Crippen molar-refractivity contribution in [1.82, 2.24) is 0 Å². The van der Waals surface area contributed by atoms with Crippen LogP contribution in [0.4, 0.5) is 0 Å². The summed E-state index contributed by atoms with van der Waals surface area (Å²) in [5.41, 5.74) is 0. The average molecular weight is 1230 g/mol. The van der Waals surface area contributed by atoms with E-state index >= 15 is 0 Å². The molecule has 0 saturated carbocycles. The second kappa shape index (κ2) is 55.4. The molecule has 3 N–H and O–H groups in total. The molecule has 0 aliphatic heterocycles. The van der Waals surface area contributed by atoms with Crippen LogP contribution < -0.4 is 0 Å². The van der Waals surface area contributed by atoms with Gasteiger partial charge in [0.15, 0.2) is 12.2 Å². The zero-order valence-corrected chi connectivity index (χ0v) is 55.4. The van der Waals surface area contributed by atoms with E-state index in [4.69, 9.17) is 37.0 Å². The Kier molecular flexibility index (Phi) is 54.1. The third-order valence-electron chi connectivity index (χ3n) is 14.6. The first-order chi connectivity index (χ1) is 39.7. The molecule has 0 aromatic carbocycles. The highest BCUT2D eigenvalue weighted by molar-refractivity contribution is 7.47. The molecule has 0 aromatic heterocycles. The fraction of sp³-hybridized carbons (Fsp3) is 0.938. The van der Waals surface area contributed by atoms with Crippen molar-refractivity contribution in [2.45, 2.75) is 330 Å². The molecular formula is C64H124O17P2. The number of aliphatic hydroxyl groups is 1. The van der Waals surface area contributed by atoms with Crippen LogP contribution >= 0.6 is 15.6 Å². The first-order valence-corrected chi connectivity index (χ1v) is 36.3. The van der Waals surface area contributed by atoms with E-state index in [9.17, 15) is 43.2 Å². The van der Waals surface area contributed by atoms with Crippen LogP contribution in [-0.4, -0.2) is 96.7 Å². The third-order valence-corrected chi connectivity index (χ3v) is 16.5. The van der Waals surface area contributed by atoms with E-state index in [1.807, 2.05) is 0 Å². The van der Waals surface area contributed by atoms with E-state index in [0.29, 0.717) is 31.6 Å². The molecule has 492 valence electrons. The monoisotopic (exact) mass is 1230 g/mol. The van der Waals surface area contributed by atoms with Crippen LogP contribution in [0.2, 0.25) is 0 Å². The van der Waals surface area contributed by atoms with E-state index in [2.05, 4.69) is 48.5 Å². The molecule has 83 heavy (non-hydrogen) atoms. The molecule has 0 heterocycles. The van der Waals surface area contributed by atoms with Gasteiger partial charge in [-0.1, -0.05) is 260 Å². The SMILES string of the molecule is CCCCCCCCCC(=O)OC[C@H](COP(=O)(O)OC[C@H](O)COP(=O)(O)OC[C@@H](COC(=O)CCCCCCCCCCC(C)C)OC(=O)CCCCCCCCCCCCCCCC(C)C)OC(=O)CCCCCCCCC(C)C. The molecule has 17 nitrogen and oxygen atoms in total. The maximum atomic E-state index is 13.0. The van der Waals surface area contributed by atoms with Gasteiger partial charge in [-0.25, -0.2) is 9.13 Å². The summed E-state index contributed by atoms with van der Waals surface area (Å²) < 4.78 is 67.9. The molecule has 0 aromatic rings. The van der Waals surface area contributed by atoms with Crippen molar-refractivity contribution in [2.75, 3.05) is 39.6 Å². The predicted octanol–water partition coefficient (Wildman–Crippen LogP) is 17.5. The number of hydrogen-bond acceptors (Lipinski definition) is 15. The van der Waals surface area contributed by atoms with Gasteiger partial charge in [0.05, 0.1) is 26.4 Å². The van der Waals surface area contributed by atoms with E-state index in [0.717, 1.165) is 115 Å². The Morgan fingerprint density at radius 3 is 0.819 bits per heavy atom. The van der Waals surface area contributed by atoms with Crippen LogP contribution in [0.25, 0.3) is 0 Å². The second-order valence-corrected chi connectivity index (χ2v) is 27.5. The molecule has 0 amide bonds. The summed E-state index contributed by atoms with van der Waals surface area (Å²) in [7, 11) is -9.88. The van der Waals surface area contributed by atoms with Gasteiger partial charge in [-0.2, -0.15) is 0 Å². The van der Waals surface area contributed by atoms with Crippen LogP contribution in [-0.2, 0) is 65.4 Å². The lowest BCUT2D eigenvalue weighted by atomic mass is 10.0.